The van der Waals surface area contributed by atoms with Gasteiger partial charge >= 0.3 is 0 Å². The number of sulfonamides is 1. The number of pyridine rings is 1. The van der Waals surface area contributed by atoms with E-state index in [0.29, 0.717) is 13.0 Å². The second kappa shape index (κ2) is 5.90. The zero-order valence-corrected chi connectivity index (χ0v) is 12.9. The second-order valence-electron chi connectivity index (χ2n) is 4.51. The summed E-state index contributed by atoms with van der Waals surface area (Å²) < 4.78 is 26.7. The molecule has 2 heterocycles. The molecule has 0 bridgehead atoms. The third-order valence-corrected chi connectivity index (χ3v) is 5.65. The van der Waals surface area contributed by atoms with E-state index >= 15 is 0 Å². The molecule has 0 aliphatic heterocycles. The monoisotopic (exact) mass is 312 g/mol. The lowest BCUT2D eigenvalue weighted by Gasteiger charge is -2.13. The van der Waals surface area contributed by atoms with E-state index < -0.39 is 10.0 Å². The molecule has 0 fully saturated rings. The molecular weight excluding hydrogens is 296 g/mol. The fourth-order valence-electron chi connectivity index (χ4n) is 1.73. The Hall–Kier alpha value is -1.44. The highest BCUT2D eigenvalue weighted by atomic mass is 32.2. The van der Waals surface area contributed by atoms with Crippen LogP contribution in [-0.2, 0) is 23.0 Å². The van der Waals surface area contributed by atoms with Crippen molar-refractivity contribution in [3.63, 3.8) is 0 Å². The molecule has 7 heteroatoms. The summed E-state index contributed by atoms with van der Waals surface area (Å²) in [5.74, 6) is 0. The molecule has 0 saturated carbocycles. The minimum Gasteiger partial charge on any atom is -0.314 e. The van der Waals surface area contributed by atoms with Crippen LogP contribution in [0.25, 0.3) is 0 Å². The van der Waals surface area contributed by atoms with Crippen LogP contribution in [0.1, 0.15) is 4.88 Å². The number of hydrogen-bond acceptors (Lipinski definition) is 4. The van der Waals surface area contributed by atoms with Crippen molar-refractivity contribution in [1.29, 1.82) is 0 Å². The highest BCUT2D eigenvalue weighted by molar-refractivity contribution is 7.89. The number of hydrogen-bond donors (Lipinski definition) is 0. The first-order valence-corrected chi connectivity index (χ1v) is 8.38. The lowest BCUT2D eigenvalue weighted by molar-refractivity contribution is 0.518. The molecule has 0 unspecified atom stereocenters. The van der Waals surface area contributed by atoms with Crippen LogP contribution in [0, 0.1) is 0 Å². The number of aryl methyl sites for hydroxylation is 2. The molecule has 2 aromatic rings. The smallest absolute Gasteiger partial charge is 0.250 e. The zero-order valence-electron chi connectivity index (χ0n) is 11.3. The van der Waals surface area contributed by atoms with Crippen molar-refractivity contribution in [1.82, 2.24) is 8.87 Å². The van der Waals surface area contributed by atoms with Crippen LogP contribution in [-0.4, -0.2) is 31.4 Å². The Morgan fingerprint density at radius 1 is 1.25 bits per heavy atom. The van der Waals surface area contributed by atoms with Gasteiger partial charge in [-0.3, -0.25) is 4.79 Å². The predicted molar refractivity (Wildman–Crippen MR) is 79.6 cm³/mol. The summed E-state index contributed by atoms with van der Waals surface area (Å²) >= 11 is 1.62. The van der Waals surface area contributed by atoms with Crippen molar-refractivity contribution >= 4 is 21.4 Å². The van der Waals surface area contributed by atoms with Crippen LogP contribution in [0.5, 0.6) is 0 Å². The molecule has 108 valence electrons. The number of nitrogens with zero attached hydrogens (tertiary/aromatic N) is 2. The molecule has 0 aliphatic rings. The van der Waals surface area contributed by atoms with Crippen LogP contribution in [0.2, 0.25) is 0 Å². The maximum atomic E-state index is 12.0. The van der Waals surface area contributed by atoms with Crippen LogP contribution in [0.4, 0.5) is 0 Å². The Bertz CT molecular complexity index is 731. The van der Waals surface area contributed by atoms with Gasteiger partial charge in [-0.25, -0.2) is 12.7 Å². The van der Waals surface area contributed by atoms with Crippen molar-refractivity contribution in [2.45, 2.75) is 17.9 Å². The van der Waals surface area contributed by atoms with E-state index in [1.165, 1.54) is 37.0 Å². The van der Waals surface area contributed by atoms with E-state index in [1.54, 1.807) is 11.3 Å². The van der Waals surface area contributed by atoms with E-state index in [4.69, 9.17) is 0 Å². The van der Waals surface area contributed by atoms with Crippen molar-refractivity contribution in [2.75, 3.05) is 14.1 Å². The molecule has 0 N–H and O–H groups in total. The van der Waals surface area contributed by atoms with Gasteiger partial charge in [0.25, 0.3) is 5.56 Å². The SMILES string of the molecule is CN(C)S(=O)(=O)c1ccc(=O)n(CCc2cccs2)c1. The number of aromatic nitrogens is 1. The Morgan fingerprint density at radius 3 is 2.60 bits per heavy atom. The standard InChI is InChI=1S/C13H16N2O3S2/c1-14(2)20(17,18)12-5-6-13(16)15(10-12)8-7-11-4-3-9-19-11/h3-6,9-10H,7-8H2,1-2H3. The van der Waals surface area contributed by atoms with Gasteiger partial charge in [-0.1, -0.05) is 6.07 Å². The molecular formula is C13H16N2O3S2. The van der Waals surface area contributed by atoms with Gasteiger partial charge in [-0.05, 0) is 23.9 Å². The van der Waals surface area contributed by atoms with Crippen molar-refractivity contribution in [2.24, 2.45) is 0 Å². The van der Waals surface area contributed by atoms with Crippen molar-refractivity contribution < 1.29 is 8.42 Å². The molecule has 0 aromatic carbocycles. The summed E-state index contributed by atoms with van der Waals surface area (Å²) in [6.07, 6.45) is 2.12. The summed E-state index contributed by atoms with van der Waals surface area (Å²) in [5.41, 5.74) is -0.195. The first-order valence-electron chi connectivity index (χ1n) is 6.06. The minimum atomic E-state index is -3.51. The van der Waals surface area contributed by atoms with Crippen LogP contribution in [0.15, 0.2) is 45.5 Å². The summed E-state index contributed by atoms with van der Waals surface area (Å²) in [6, 6.07) is 6.59. The van der Waals surface area contributed by atoms with Gasteiger partial charge in [0.1, 0.15) is 0 Å². The molecule has 0 atom stereocenters. The van der Waals surface area contributed by atoms with Gasteiger partial charge in [-0.15, -0.1) is 11.3 Å². The topological polar surface area (TPSA) is 59.4 Å². The summed E-state index contributed by atoms with van der Waals surface area (Å²) in [7, 11) is -0.575. The molecule has 20 heavy (non-hydrogen) atoms. The van der Waals surface area contributed by atoms with Crippen LogP contribution in [0.3, 0.4) is 0 Å². The normalized spacial score (nSPS) is 11.9. The number of rotatable bonds is 5. The lowest BCUT2D eigenvalue weighted by atomic mass is 10.3. The first-order chi connectivity index (χ1) is 9.41. The Kier molecular flexibility index (Phi) is 4.42. The average Bonchev–Trinajstić information content (AvgIpc) is 2.90. The Labute approximate surface area is 122 Å². The van der Waals surface area contributed by atoms with E-state index in [-0.39, 0.29) is 10.5 Å². The molecule has 0 saturated heterocycles. The third kappa shape index (κ3) is 3.17. The maximum Gasteiger partial charge on any atom is 0.250 e. The number of thiophene rings is 1. The minimum absolute atomic E-state index is 0.133. The molecule has 0 amide bonds. The van der Waals surface area contributed by atoms with Crippen LogP contribution >= 0.6 is 11.3 Å². The summed E-state index contributed by atoms with van der Waals surface area (Å²) in [5, 5.41) is 1.98. The Morgan fingerprint density at radius 2 is 2.00 bits per heavy atom. The van der Waals surface area contributed by atoms with Gasteiger partial charge in [0.2, 0.25) is 10.0 Å². The van der Waals surface area contributed by atoms with Crippen LogP contribution < -0.4 is 5.56 Å². The lowest BCUT2D eigenvalue weighted by Crippen LogP contribution is -2.26. The van der Waals surface area contributed by atoms with Crippen molar-refractivity contribution in [3.8, 4) is 0 Å². The molecule has 2 rings (SSSR count). The maximum absolute atomic E-state index is 12.0. The highest BCUT2D eigenvalue weighted by Gasteiger charge is 2.17. The van der Waals surface area contributed by atoms with E-state index in [9.17, 15) is 13.2 Å². The fourth-order valence-corrected chi connectivity index (χ4v) is 3.35. The summed E-state index contributed by atoms with van der Waals surface area (Å²) in [4.78, 5) is 13.1. The quantitative estimate of drug-likeness (QED) is 0.838. The molecule has 2 aromatic heterocycles. The predicted octanol–water partition coefficient (Wildman–Crippen LogP) is 1.40. The second-order valence-corrected chi connectivity index (χ2v) is 7.70. The molecule has 5 nitrogen and oxygen atoms in total. The zero-order chi connectivity index (χ0) is 14.8. The molecule has 0 spiro atoms. The van der Waals surface area contributed by atoms with E-state index in [2.05, 4.69) is 0 Å². The average molecular weight is 312 g/mol. The third-order valence-electron chi connectivity index (χ3n) is 2.91. The molecule has 0 aliphatic carbocycles. The van der Waals surface area contributed by atoms with Crippen molar-refractivity contribution in [3.05, 3.63) is 51.1 Å². The Balaban J connectivity index is 2.28. The summed E-state index contributed by atoms with van der Waals surface area (Å²) in [6.45, 7) is 0.468. The first kappa shape index (κ1) is 15.0. The fraction of sp³-hybridized carbons (Fsp3) is 0.308. The van der Waals surface area contributed by atoms with Gasteiger partial charge < -0.3 is 4.57 Å². The van der Waals surface area contributed by atoms with Gasteiger partial charge in [0.15, 0.2) is 0 Å². The van der Waals surface area contributed by atoms with Gasteiger partial charge in [0.05, 0.1) is 4.90 Å². The largest absolute Gasteiger partial charge is 0.314 e. The van der Waals surface area contributed by atoms with Gasteiger partial charge in [-0.2, -0.15) is 0 Å². The molecule has 0 radical (unpaired) electrons. The van der Waals surface area contributed by atoms with Gasteiger partial charge in [0, 0.05) is 37.8 Å². The van der Waals surface area contributed by atoms with E-state index in [0.717, 1.165) is 9.18 Å². The highest BCUT2D eigenvalue weighted by Crippen LogP contribution is 2.12. The van der Waals surface area contributed by atoms with E-state index in [1.807, 2.05) is 17.5 Å².